The van der Waals surface area contributed by atoms with Gasteiger partial charge < -0.3 is 5.73 Å². The summed E-state index contributed by atoms with van der Waals surface area (Å²) >= 11 is 0. The first-order chi connectivity index (χ1) is 8.37. The first kappa shape index (κ1) is 15.7. The van der Waals surface area contributed by atoms with Gasteiger partial charge in [0.1, 0.15) is 6.04 Å². The molecule has 0 saturated carbocycles. The Hall–Kier alpha value is -1.38. The molecule has 1 nitrogen and oxygen atoms in total. The molecule has 0 bridgehead atoms. The molecular weight excluding hydrogens is 286 g/mol. The highest BCUT2D eigenvalue weighted by atomic mass is 19.4. The molecule has 0 unspecified atom stereocenters. The van der Waals surface area contributed by atoms with E-state index in [1.165, 1.54) is 0 Å². The van der Waals surface area contributed by atoms with Crippen LogP contribution < -0.4 is 5.73 Å². The van der Waals surface area contributed by atoms with Crippen molar-refractivity contribution in [3.63, 3.8) is 0 Å². The lowest BCUT2D eigenvalue weighted by molar-refractivity contribution is -0.291. The van der Waals surface area contributed by atoms with Gasteiger partial charge in [-0.1, -0.05) is 12.1 Å². The molecule has 0 radical (unpaired) electrons. The van der Waals surface area contributed by atoms with E-state index >= 15 is 0 Å². The second-order valence-corrected chi connectivity index (χ2v) is 3.72. The van der Waals surface area contributed by atoms with E-state index in [9.17, 15) is 35.1 Å². The smallest absolute Gasteiger partial charge is 0.319 e. The van der Waals surface area contributed by atoms with Crippen LogP contribution in [0.25, 0.3) is 0 Å². The molecule has 0 aliphatic carbocycles. The predicted octanol–water partition coefficient (Wildman–Crippen LogP) is 3.90. The Morgan fingerprint density at radius 3 is 1.84 bits per heavy atom. The maximum absolute atomic E-state index is 12.9. The van der Waals surface area contributed by atoms with Crippen molar-refractivity contribution in [3.8, 4) is 0 Å². The minimum absolute atomic E-state index is 0.171. The lowest BCUT2D eigenvalue weighted by Crippen LogP contribution is -2.45. The number of nitrogens with two attached hydrogens (primary N) is 1. The van der Waals surface area contributed by atoms with Gasteiger partial charge in [0.2, 0.25) is 0 Å². The Labute approximate surface area is 102 Å². The molecule has 19 heavy (non-hydrogen) atoms. The van der Waals surface area contributed by atoms with Crippen molar-refractivity contribution < 1.29 is 35.1 Å². The molecule has 0 aliphatic heterocycles. The van der Waals surface area contributed by atoms with Crippen LogP contribution in [0.1, 0.15) is 17.2 Å². The second kappa shape index (κ2) is 4.62. The van der Waals surface area contributed by atoms with E-state index < -0.39 is 35.4 Å². The Morgan fingerprint density at radius 2 is 1.42 bits per heavy atom. The van der Waals surface area contributed by atoms with Crippen molar-refractivity contribution in [1.29, 1.82) is 0 Å². The number of alkyl halides is 8. The van der Waals surface area contributed by atoms with Gasteiger partial charge in [-0.25, -0.2) is 0 Å². The first-order valence-electron chi connectivity index (χ1n) is 4.74. The van der Waals surface area contributed by atoms with Crippen LogP contribution in [-0.2, 0) is 6.18 Å². The average molecular weight is 293 g/mol. The summed E-state index contributed by atoms with van der Waals surface area (Å²) in [6.45, 7) is 0. The van der Waals surface area contributed by atoms with Crippen molar-refractivity contribution in [2.75, 3.05) is 0 Å². The van der Waals surface area contributed by atoms with Crippen LogP contribution in [0.3, 0.4) is 0 Å². The van der Waals surface area contributed by atoms with Crippen LogP contribution in [-0.4, -0.2) is 12.1 Å². The molecule has 0 saturated heterocycles. The third kappa shape index (κ3) is 3.14. The summed E-state index contributed by atoms with van der Waals surface area (Å²) in [5.41, 5.74) is 2.44. The van der Waals surface area contributed by atoms with Crippen LogP contribution >= 0.6 is 0 Å². The Balaban J connectivity index is 3.18. The second-order valence-electron chi connectivity index (χ2n) is 3.72. The van der Waals surface area contributed by atoms with E-state index in [2.05, 4.69) is 0 Å². The maximum atomic E-state index is 12.9. The van der Waals surface area contributed by atoms with Crippen LogP contribution in [0, 0.1) is 0 Å². The van der Waals surface area contributed by atoms with E-state index in [4.69, 9.17) is 5.73 Å². The average Bonchev–Trinajstić information content (AvgIpc) is 2.25. The SMILES string of the molecule is N[C@H](c1cccc(C(F)(F)F)c1)C(F)(F)C(F)(F)F. The fraction of sp³-hybridized carbons (Fsp3) is 0.400. The van der Waals surface area contributed by atoms with Gasteiger partial charge >= 0.3 is 18.3 Å². The molecule has 1 atom stereocenters. The Morgan fingerprint density at radius 1 is 0.895 bits per heavy atom. The highest BCUT2D eigenvalue weighted by molar-refractivity contribution is 5.29. The number of benzene rings is 1. The summed E-state index contributed by atoms with van der Waals surface area (Å²) < 4.78 is 98.9. The molecule has 0 spiro atoms. The minimum atomic E-state index is -5.94. The molecular formula is C10H7F8N. The molecule has 0 fully saturated rings. The van der Waals surface area contributed by atoms with Gasteiger partial charge in [0.25, 0.3) is 0 Å². The fourth-order valence-electron chi connectivity index (χ4n) is 1.29. The lowest BCUT2D eigenvalue weighted by atomic mass is 9.99. The highest BCUT2D eigenvalue weighted by Gasteiger charge is 2.61. The number of halogens is 8. The zero-order valence-electron chi connectivity index (χ0n) is 8.99. The molecule has 108 valence electrons. The van der Waals surface area contributed by atoms with E-state index in [0.29, 0.717) is 18.2 Å². The third-order valence-corrected chi connectivity index (χ3v) is 2.34. The van der Waals surface area contributed by atoms with Gasteiger partial charge in [-0.05, 0) is 17.7 Å². The van der Waals surface area contributed by atoms with Crippen molar-refractivity contribution in [1.82, 2.24) is 0 Å². The molecule has 0 heterocycles. The largest absolute Gasteiger partial charge is 0.455 e. The van der Waals surface area contributed by atoms with Crippen LogP contribution in [0.15, 0.2) is 24.3 Å². The van der Waals surface area contributed by atoms with Gasteiger partial charge in [0.15, 0.2) is 0 Å². The maximum Gasteiger partial charge on any atom is 0.455 e. The van der Waals surface area contributed by atoms with Crippen LogP contribution in [0.2, 0.25) is 0 Å². The molecule has 1 aromatic carbocycles. The van der Waals surface area contributed by atoms with E-state index in [1.807, 2.05) is 0 Å². The van der Waals surface area contributed by atoms with E-state index in [-0.39, 0.29) is 6.07 Å². The van der Waals surface area contributed by atoms with Crippen molar-refractivity contribution >= 4 is 0 Å². The third-order valence-electron chi connectivity index (χ3n) is 2.34. The number of hydrogen-bond acceptors (Lipinski definition) is 1. The summed E-state index contributed by atoms with van der Waals surface area (Å²) in [6.07, 6.45) is -10.8. The number of rotatable bonds is 2. The van der Waals surface area contributed by atoms with Crippen molar-refractivity contribution in [2.45, 2.75) is 24.3 Å². The predicted molar refractivity (Wildman–Crippen MR) is 49.4 cm³/mol. The summed E-state index contributed by atoms with van der Waals surface area (Å²) in [7, 11) is 0. The molecule has 0 aromatic heterocycles. The quantitative estimate of drug-likeness (QED) is 0.822. The molecule has 1 rings (SSSR count). The van der Waals surface area contributed by atoms with Crippen LogP contribution in [0.5, 0.6) is 0 Å². The van der Waals surface area contributed by atoms with Gasteiger partial charge in [-0.3, -0.25) is 0 Å². The molecule has 2 N–H and O–H groups in total. The summed E-state index contributed by atoms with van der Waals surface area (Å²) in [4.78, 5) is 0. The standard InChI is InChI=1S/C10H7F8N/c11-8(12,10(16,17)18)7(19)5-2-1-3-6(4-5)9(13,14)15/h1-4,7H,19H2/t7-/m1/s1. The van der Waals surface area contributed by atoms with Gasteiger partial charge in [-0.15, -0.1) is 0 Å². The fourth-order valence-corrected chi connectivity index (χ4v) is 1.29. The van der Waals surface area contributed by atoms with Gasteiger partial charge in [0, 0.05) is 0 Å². The first-order valence-corrected chi connectivity index (χ1v) is 4.74. The van der Waals surface area contributed by atoms with Crippen LogP contribution in [0.4, 0.5) is 35.1 Å². The van der Waals surface area contributed by atoms with Gasteiger partial charge in [0.05, 0.1) is 5.56 Å². The monoisotopic (exact) mass is 293 g/mol. The Kier molecular flexibility index (Phi) is 3.81. The number of hydrogen-bond donors (Lipinski definition) is 1. The van der Waals surface area contributed by atoms with Crippen molar-refractivity contribution in [2.24, 2.45) is 5.73 Å². The van der Waals surface area contributed by atoms with E-state index in [0.717, 1.165) is 0 Å². The summed E-state index contributed by atoms with van der Waals surface area (Å²) in [5, 5.41) is 0. The van der Waals surface area contributed by atoms with Crippen molar-refractivity contribution in [3.05, 3.63) is 35.4 Å². The topological polar surface area (TPSA) is 26.0 Å². The highest BCUT2D eigenvalue weighted by Crippen LogP contribution is 2.43. The Bertz CT molecular complexity index is 448. The normalized spacial score (nSPS) is 15.4. The summed E-state index contributed by atoms with van der Waals surface area (Å²) in [5.74, 6) is -5.32. The molecule has 9 heteroatoms. The zero-order chi connectivity index (χ0) is 15.1. The molecule has 1 aromatic rings. The molecule has 0 amide bonds. The molecule has 0 aliphatic rings. The van der Waals surface area contributed by atoms with Gasteiger partial charge in [-0.2, -0.15) is 35.1 Å². The van der Waals surface area contributed by atoms with E-state index in [1.54, 1.807) is 0 Å². The lowest BCUT2D eigenvalue weighted by Gasteiger charge is -2.26. The minimum Gasteiger partial charge on any atom is -0.319 e. The zero-order valence-corrected chi connectivity index (χ0v) is 8.99. The summed E-state index contributed by atoms with van der Waals surface area (Å²) in [6, 6.07) is -0.800.